The molecule has 1 aliphatic rings. The van der Waals surface area contributed by atoms with Crippen molar-refractivity contribution in [3.63, 3.8) is 0 Å². The molecule has 0 N–H and O–H groups in total. The minimum absolute atomic E-state index is 0.162. The van der Waals surface area contributed by atoms with Crippen molar-refractivity contribution in [1.29, 1.82) is 0 Å². The maximum absolute atomic E-state index is 2.49. The van der Waals surface area contributed by atoms with E-state index in [-0.39, 0.29) is 5.41 Å². The van der Waals surface area contributed by atoms with Gasteiger partial charge >= 0.3 is 0 Å². The Balaban J connectivity index is 1.20. The fourth-order valence-corrected chi connectivity index (χ4v) is 8.84. The summed E-state index contributed by atoms with van der Waals surface area (Å²) in [5, 5.41) is 5.08. The van der Waals surface area contributed by atoms with Crippen molar-refractivity contribution in [3.8, 4) is 44.5 Å². The van der Waals surface area contributed by atoms with Crippen LogP contribution in [0.25, 0.3) is 66.1 Å². The molecule has 54 heavy (non-hydrogen) atoms. The number of anilines is 3. The number of hydrogen-bond donors (Lipinski definition) is 0. The van der Waals surface area contributed by atoms with E-state index in [4.69, 9.17) is 0 Å². The monoisotopic (exact) mass is 689 g/mol. The molecular weight excluding hydrogens is 651 g/mol. The number of rotatable bonds is 6. The van der Waals surface area contributed by atoms with Crippen LogP contribution in [0.1, 0.15) is 25.0 Å². The lowest BCUT2D eigenvalue weighted by atomic mass is 9.80. The van der Waals surface area contributed by atoms with Crippen molar-refractivity contribution < 1.29 is 0 Å². The third kappa shape index (κ3) is 5.24. The average Bonchev–Trinajstić information content (AvgIpc) is 3.48. The molecule has 9 aromatic carbocycles. The second-order valence-electron chi connectivity index (χ2n) is 14.9. The molecule has 0 unspecified atom stereocenters. The van der Waals surface area contributed by atoms with Crippen molar-refractivity contribution in [2.75, 3.05) is 4.90 Å². The van der Waals surface area contributed by atoms with Gasteiger partial charge in [0.25, 0.3) is 0 Å². The summed E-state index contributed by atoms with van der Waals surface area (Å²) in [6, 6.07) is 73.3. The molecule has 0 radical (unpaired) electrons. The molecule has 1 aliphatic carbocycles. The Morgan fingerprint density at radius 1 is 0.370 bits per heavy atom. The molecule has 1 nitrogen and oxygen atoms in total. The Hall–Kier alpha value is -6.70. The van der Waals surface area contributed by atoms with Crippen molar-refractivity contribution in [1.82, 2.24) is 0 Å². The molecule has 0 bridgehead atoms. The van der Waals surface area contributed by atoms with Crippen LogP contribution < -0.4 is 4.90 Å². The highest BCUT2D eigenvalue weighted by molar-refractivity contribution is 6.06. The van der Waals surface area contributed by atoms with Gasteiger partial charge in [0.15, 0.2) is 0 Å². The summed E-state index contributed by atoms with van der Waals surface area (Å²) in [5.41, 5.74) is 15.9. The predicted octanol–water partition coefficient (Wildman–Crippen LogP) is 14.8. The van der Waals surface area contributed by atoms with Crippen LogP contribution in [0, 0.1) is 0 Å². The molecule has 0 aliphatic heterocycles. The van der Waals surface area contributed by atoms with E-state index in [0.717, 1.165) is 11.4 Å². The van der Waals surface area contributed by atoms with Crippen LogP contribution in [0.5, 0.6) is 0 Å². The SMILES string of the molecule is CC1(C)c2ccccc2-c2c(N(c3ccc(-c4cccc5ccccc45)cc3)c3cccc(-c4cccc(-c5ccccc5)c4)c3)cc3ccccc3c21. The molecule has 0 heterocycles. The maximum atomic E-state index is 2.49. The van der Waals surface area contributed by atoms with Crippen LogP contribution in [0.2, 0.25) is 0 Å². The highest BCUT2D eigenvalue weighted by Crippen LogP contribution is 2.56. The van der Waals surface area contributed by atoms with Crippen molar-refractivity contribution in [3.05, 3.63) is 211 Å². The van der Waals surface area contributed by atoms with Crippen molar-refractivity contribution >= 4 is 38.6 Å². The Bertz CT molecular complexity index is 2840. The van der Waals surface area contributed by atoms with Crippen LogP contribution in [0.15, 0.2) is 200 Å². The lowest BCUT2D eigenvalue weighted by molar-refractivity contribution is 0.666. The topological polar surface area (TPSA) is 3.24 Å². The average molecular weight is 690 g/mol. The third-order valence-corrected chi connectivity index (χ3v) is 11.4. The van der Waals surface area contributed by atoms with Crippen molar-refractivity contribution in [2.24, 2.45) is 0 Å². The fraction of sp³-hybridized carbons (Fsp3) is 0.0566. The zero-order valence-corrected chi connectivity index (χ0v) is 30.5. The van der Waals surface area contributed by atoms with E-state index >= 15 is 0 Å². The Labute approximate surface area is 317 Å². The highest BCUT2D eigenvalue weighted by Gasteiger charge is 2.39. The number of hydrogen-bond acceptors (Lipinski definition) is 1. The molecule has 0 fully saturated rings. The summed E-state index contributed by atoms with van der Waals surface area (Å²) in [6.07, 6.45) is 0. The second kappa shape index (κ2) is 12.8. The summed E-state index contributed by atoms with van der Waals surface area (Å²) in [7, 11) is 0. The first kappa shape index (κ1) is 32.0. The minimum Gasteiger partial charge on any atom is -0.310 e. The maximum Gasteiger partial charge on any atom is 0.0549 e. The zero-order valence-electron chi connectivity index (χ0n) is 30.5. The first-order valence-electron chi connectivity index (χ1n) is 18.8. The summed E-state index contributed by atoms with van der Waals surface area (Å²) >= 11 is 0. The van der Waals surface area contributed by atoms with Crippen LogP contribution in [0.3, 0.4) is 0 Å². The van der Waals surface area contributed by atoms with Crippen LogP contribution in [0.4, 0.5) is 17.1 Å². The van der Waals surface area contributed by atoms with E-state index in [2.05, 4.69) is 219 Å². The van der Waals surface area contributed by atoms with E-state index < -0.39 is 0 Å². The van der Waals surface area contributed by atoms with Crippen LogP contribution in [-0.2, 0) is 5.41 Å². The predicted molar refractivity (Wildman–Crippen MR) is 230 cm³/mol. The van der Waals surface area contributed by atoms with Crippen molar-refractivity contribution in [2.45, 2.75) is 19.3 Å². The number of fused-ring (bicyclic) bond motifs is 6. The molecule has 0 amide bonds. The molecule has 10 rings (SSSR count). The van der Waals surface area contributed by atoms with Gasteiger partial charge in [0.2, 0.25) is 0 Å². The Morgan fingerprint density at radius 3 is 1.76 bits per heavy atom. The van der Waals surface area contributed by atoms with Gasteiger partial charge in [-0.3, -0.25) is 0 Å². The van der Waals surface area contributed by atoms with Crippen LogP contribution >= 0.6 is 0 Å². The fourth-order valence-electron chi connectivity index (χ4n) is 8.84. The van der Waals surface area contributed by atoms with Gasteiger partial charge in [-0.05, 0) is 108 Å². The molecule has 0 saturated heterocycles. The quantitative estimate of drug-likeness (QED) is 0.168. The zero-order chi connectivity index (χ0) is 36.2. The molecule has 0 spiro atoms. The summed E-state index contributed by atoms with van der Waals surface area (Å²) in [5.74, 6) is 0. The van der Waals surface area contributed by atoms with Gasteiger partial charge in [-0.25, -0.2) is 0 Å². The van der Waals surface area contributed by atoms with Gasteiger partial charge in [0.05, 0.1) is 5.69 Å². The smallest absolute Gasteiger partial charge is 0.0549 e. The Kier molecular flexibility index (Phi) is 7.56. The molecule has 0 aromatic heterocycles. The Morgan fingerprint density at radius 2 is 0.944 bits per heavy atom. The number of benzene rings is 9. The van der Waals surface area contributed by atoms with Gasteiger partial charge in [-0.2, -0.15) is 0 Å². The van der Waals surface area contributed by atoms with Gasteiger partial charge in [-0.1, -0.05) is 178 Å². The summed E-state index contributed by atoms with van der Waals surface area (Å²) < 4.78 is 0. The third-order valence-electron chi connectivity index (χ3n) is 11.4. The molecule has 0 atom stereocenters. The van der Waals surface area contributed by atoms with E-state index in [9.17, 15) is 0 Å². The van der Waals surface area contributed by atoms with E-state index in [1.54, 1.807) is 0 Å². The second-order valence-corrected chi connectivity index (χ2v) is 14.9. The lowest BCUT2D eigenvalue weighted by Crippen LogP contribution is -2.17. The normalized spacial score (nSPS) is 12.8. The minimum atomic E-state index is -0.162. The summed E-state index contributed by atoms with van der Waals surface area (Å²) in [4.78, 5) is 2.49. The van der Waals surface area contributed by atoms with Gasteiger partial charge in [-0.15, -0.1) is 0 Å². The molecule has 1 heteroatoms. The van der Waals surface area contributed by atoms with Gasteiger partial charge in [0.1, 0.15) is 0 Å². The van der Waals surface area contributed by atoms with Gasteiger partial charge < -0.3 is 4.90 Å². The van der Waals surface area contributed by atoms with Gasteiger partial charge in [0, 0.05) is 22.4 Å². The van der Waals surface area contributed by atoms with Crippen LogP contribution in [-0.4, -0.2) is 0 Å². The van der Waals surface area contributed by atoms with E-state index in [1.807, 2.05) is 0 Å². The molecule has 256 valence electrons. The lowest BCUT2D eigenvalue weighted by Gasteiger charge is -2.30. The highest BCUT2D eigenvalue weighted by atomic mass is 15.1. The van der Waals surface area contributed by atoms with E-state index in [1.165, 1.54) is 82.9 Å². The largest absolute Gasteiger partial charge is 0.310 e. The van der Waals surface area contributed by atoms with E-state index in [0.29, 0.717) is 0 Å². The first-order chi connectivity index (χ1) is 26.5. The molecule has 0 saturated carbocycles. The number of nitrogens with zero attached hydrogens (tertiary/aromatic N) is 1. The first-order valence-corrected chi connectivity index (χ1v) is 18.8. The summed E-state index contributed by atoms with van der Waals surface area (Å²) in [6.45, 7) is 4.77. The standard InChI is InChI=1S/C53H39N/c1-53(2)49-28-11-10-26-48(49)51-50(35-42-18-7-9-25-47(42)52(51)53)54(43-31-29-38(30-32-43)46-27-14-19-37-17-6-8-24-45(37)46)44-23-13-22-41(34-44)40-21-12-20-39(33-40)36-15-4-3-5-16-36/h3-35H,1-2H3. The molecule has 9 aromatic rings. The molecular formula is C53H39N.